The number of thioether (sulfide) groups is 1. The molecule has 12 N–H and O–H groups in total. The van der Waals surface area contributed by atoms with Crippen LogP contribution in [0.5, 0.6) is 0 Å². The molecule has 0 bridgehead atoms. The van der Waals surface area contributed by atoms with E-state index in [0.717, 1.165) is 34.0 Å². The third kappa shape index (κ3) is 19.9. The van der Waals surface area contributed by atoms with Gasteiger partial charge in [-0.25, -0.2) is 9.59 Å². The number of nitrogens with zero attached hydrogens (tertiary/aromatic N) is 1. The van der Waals surface area contributed by atoms with Crippen molar-refractivity contribution in [2.75, 3.05) is 45.2 Å². The van der Waals surface area contributed by atoms with Crippen LogP contribution in [0.2, 0.25) is 5.02 Å². The van der Waals surface area contributed by atoms with Gasteiger partial charge in [-0.2, -0.15) is 0 Å². The van der Waals surface area contributed by atoms with Crippen molar-refractivity contribution in [1.29, 1.82) is 0 Å². The lowest BCUT2D eigenvalue weighted by Crippen LogP contribution is -2.59. The molecule has 0 unspecified atom stereocenters. The predicted molar refractivity (Wildman–Crippen MR) is 272 cm³/mol. The third-order valence-corrected chi connectivity index (χ3v) is 12.4. The number of aliphatic carboxylic acids is 1. The molecule has 3 aromatic carbocycles. The number of unbranched alkanes of at least 4 members (excludes halogenated alkanes) is 1. The molecular formula is C49H62ClN9O14S. The number of fused-ring (bicyclic) bond motifs is 3. The van der Waals surface area contributed by atoms with Gasteiger partial charge in [0, 0.05) is 35.3 Å². The highest BCUT2D eigenvalue weighted by atomic mass is 35.5. The van der Waals surface area contributed by atoms with Crippen molar-refractivity contribution in [2.45, 2.75) is 88.6 Å². The summed E-state index contributed by atoms with van der Waals surface area (Å²) in [5.41, 5.74) is 15.2. The molecule has 0 aliphatic heterocycles. The molecule has 0 spiro atoms. The maximum absolute atomic E-state index is 13.9. The number of esters is 1. The van der Waals surface area contributed by atoms with Gasteiger partial charge in [0.05, 0.1) is 32.6 Å². The van der Waals surface area contributed by atoms with Gasteiger partial charge in [-0.05, 0) is 67.3 Å². The van der Waals surface area contributed by atoms with Gasteiger partial charge in [0.15, 0.2) is 5.96 Å². The molecule has 1 aliphatic carbocycles. The summed E-state index contributed by atoms with van der Waals surface area (Å²) in [5.74, 6) is -6.73. The number of hydrogen-bond donors (Lipinski definition) is 10. The first-order valence-corrected chi connectivity index (χ1v) is 25.0. The normalized spacial score (nSPS) is 13.0. The Balaban J connectivity index is 1.42. The van der Waals surface area contributed by atoms with Crippen LogP contribution in [0.15, 0.2) is 77.8 Å². The Hall–Kier alpha value is -7.44. The Bertz CT molecular complexity index is 2430. The zero-order valence-corrected chi connectivity index (χ0v) is 42.2. The Labute approximate surface area is 436 Å². The van der Waals surface area contributed by atoms with Crippen molar-refractivity contribution < 1.29 is 67.6 Å². The molecule has 4 rings (SSSR count). The number of ether oxygens (including phenoxy) is 3. The number of aliphatic hydroxyl groups is 1. The summed E-state index contributed by atoms with van der Waals surface area (Å²) >= 11 is 6.91. The molecule has 400 valence electrons. The highest BCUT2D eigenvalue weighted by molar-refractivity contribution is 8.13. The van der Waals surface area contributed by atoms with Crippen LogP contribution in [-0.2, 0) is 54.4 Å². The number of carbonyl (C=O) groups is 9. The van der Waals surface area contributed by atoms with E-state index in [-0.39, 0.29) is 89.1 Å². The zero-order valence-electron chi connectivity index (χ0n) is 40.6. The molecule has 1 aliphatic rings. The molecule has 4 atom stereocenters. The van der Waals surface area contributed by atoms with E-state index in [1.54, 1.807) is 31.2 Å². The van der Waals surface area contributed by atoms with Gasteiger partial charge in [0.1, 0.15) is 37.4 Å². The number of nitrogens with one attached hydrogen (secondary N) is 6. The fourth-order valence-corrected chi connectivity index (χ4v) is 8.37. The molecule has 3 aromatic rings. The number of guanidine groups is 1. The van der Waals surface area contributed by atoms with Crippen LogP contribution in [-0.4, -0.2) is 138 Å². The van der Waals surface area contributed by atoms with Crippen molar-refractivity contribution >= 4 is 82.2 Å². The Morgan fingerprint density at radius 2 is 1.30 bits per heavy atom. The van der Waals surface area contributed by atoms with Crippen LogP contribution in [0, 0.1) is 0 Å². The first-order chi connectivity index (χ1) is 35.5. The number of halogens is 1. The minimum Gasteiger partial charge on any atom is -0.481 e. The van der Waals surface area contributed by atoms with E-state index in [1.807, 2.05) is 48.5 Å². The first-order valence-electron chi connectivity index (χ1n) is 23.6. The maximum atomic E-state index is 13.9. The number of aliphatic hydroxyl groups excluding tert-OH is 1. The number of hydrogen-bond acceptors (Lipinski definition) is 15. The SMILES string of the molecule is CCOC(=O)CCSC(=O)CNC(=O)[C@H](CCCN=C(N)N)NC(=O)[C@H](CC(=O)O)NC(=O)[C@H](CO)NC(=O)[C@H](CCCCNC(=O)OCc1ccccc1Cl)NC(=O)OCC1c2ccccc2-c2ccccc21. The van der Waals surface area contributed by atoms with Gasteiger partial charge in [0.25, 0.3) is 0 Å². The number of benzene rings is 3. The van der Waals surface area contributed by atoms with Gasteiger partial charge in [-0.3, -0.25) is 38.6 Å². The van der Waals surface area contributed by atoms with Crippen molar-refractivity contribution in [3.05, 3.63) is 94.5 Å². The van der Waals surface area contributed by atoms with Crippen LogP contribution < -0.4 is 43.4 Å². The highest BCUT2D eigenvalue weighted by Gasteiger charge is 2.34. The minimum absolute atomic E-state index is 0.0196. The number of amides is 6. The van der Waals surface area contributed by atoms with Crippen LogP contribution in [0.4, 0.5) is 9.59 Å². The number of carbonyl (C=O) groups excluding carboxylic acids is 8. The van der Waals surface area contributed by atoms with Crippen molar-refractivity contribution in [3.63, 3.8) is 0 Å². The van der Waals surface area contributed by atoms with Crippen LogP contribution >= 0.6 is 23.4 Å². The zero-order chi connectivity index (χ0) is 54.0. The largest absolute Gasteiger partial charge is 0.481 e. The van der Waals surface area contributed by atoms with Gasteiger partial charge in [-0.1, -0.05) is 90.1 Å². The minimum atomic E-state index is -1.88. The number of rotatable bonds is 30. The lowest BCUT2D eigenvalue weighted by atomic mass is 9.98. The number of aliphatic imine (C=N–C) groups is 1. The second-order valence-corrected chi connectivity index (χ2v) is 18.1. The van der Waals surface area contributed by atoms with E-state index in [1.165, 1.54) is 0 Å². The lowest BCUT2D eigenvalue weighted by Gasteiger charge is -2.25. The molecule has 74 heavy (non-hydrogen) atoms. The first kappa shape index (κ1) is 59.1. The number of carboxylic acids is 1. The number of carboxylic acid groups (broad SMARTS) is 1. The second kappa shape index (κ2) is 31.2. The fourth-order valence-electron chi connectivity index (χ4n) is 7.51. The average Bonchev–Trinajstić information content (AvgIpc) is 3.69. The third-order valence-electron chi connectivity index (χ3n) is 11.1. The van der Waals surface area contributed by atoms with Crippen molar-refractivity contribution in [1.82, 2.24) is 31.9 Å². The number of alkyl carbamates (subject to hydrolysis) is 2. The smallest absolute Gasteiger partial charge is 0.407 e. The predicted octanol–water partition coefficient (Wildman–Crippen LogP) is 1.95. The van der Waals surface area contributed by atoms with E-state index >= 15 is 0 Å². The topological polar surface area (TPSA) is 358 Å². The lowest BCUT2D eigenvalue weighted by molar-refractivity contribution is -0.143. The molecule has 0 saturated carbocycles. The molecule has 0 aromatic heterocycles. The molecular weight excluding hydrogens is 1010 g/mol. The highest BCUT2D eigenvalue weighted by Crippen LogP contribution is 2.44. The van der Waals surface area contributed by atoms with Crippen LogP contribution in [0.3, 0.4) is 0 Å². The van der Waals surface area contributed by atoms with Gasteiger partial charge in [-0.15, -0.1) is 0 Å². The molecule has 0 heterocycles. The fraction of sp³-hybridized carbons (Fsp3) is 0.429. The van der Waals surface area contributed by atoms with Gasteiger partial charge in [0.2, 0.25) is 28.7 Å². The summed E-state index contributed by atoms with van der Waals surface area (Å²) in [7, 11) is 0. The Morgan fingerprint density at radius 3 is 1.95 bits per heavy atom. The Morgan fingerprint density at radius 1 is 0.703 bits per heavy atom. The molecule has 6 amide bonds. The standard InChI is InChI=1S/C49H62ClN9O14S/c1-2-71-41(63)20-23-74-42(64)25-55-43(65)36(19-11-22-53-47(51)52)56-45(67)38(24-40(61)62)57-46(68)39(26-60)58-44(66)37(18-9-10-21-54-48(69)72-27-29-12-3-8-17-35(29)50)59-49(70)73-28-34-32-15-6-4-13-30(32)31-14-5-7-16-33(31)34/h3-8,12-17,34,36-39,60H,2,9-11,18-28H2,1H3,(H,54,69)(H,55,65)(H,56,67)(H,57,68)(H,58,66)(H,59,70)(H,61,62)(H4,51,52,53)/t36-,37-,38-,39-/m0/s1. The van der Waals surface area contributed by atoms with E-state index < -0.39 is 96.6 Å². The summed E-state index contributed by atoms with van der Waals surface area (Å²) in [5, 5.41) is 34.4. The summed E-state index contributed by atoms with van der Waals surface area (Å²) in [4.78, 5) is 120. The summed E-state index contributed by atoms with van der Waals surface area (Å²) in [6.07, 6.45) is -2.35. The molecule has 0 radical (unpaired) electrons. The van der Waals surface area contributed by atoms with Gasteiger partial charge >= 0.3 is 24.1 Å². The number of nitrogens with two attached hydrogens (primary N) is 2. The molecule has 25 heteroatoms. The van der Waals surface area contributed by atoms with E-state index in [0.29, 0.717) is 10.6 Å². The molecule has 0 fully saturated rings. The van der Waals surface area contributed by atoms with Crippen molar-refractivity contribution in [2.24, 2.45) is 16.5 Å². The van der Waals surface area contributed by atoms with Crippen LogP contribution in [0.1, 0.15) is 74.5 Å². The summed E-state index contributed by atoms with van der Waals surface area (Å²) < 4.78 is 15.7. The average molecular weight is 1070 g/mol. The van der Waals surface area contributed by atoms with E-state index in [2.05, 4.69) is 36.9 Å². The quantitative estimate of drug-likeness (QED) is 0.0150. The van der Waals surface area contributed by atoms with Crippen LogP contribution in [0.25, 0.3) is 11.1 Å². The molecule has 0 saturated heterocycles. The second-order valence-electron chi connectivity index (χ2n) is 16.5. The summed E-state index contributed by atoms with van der Waals surface area (Å²) in [6, 6.07) is 15.7. The van der Waals surface area contributed by atoms with Gasteiger partial charge < -0.3 is 67.8 Å². The Kier molecular flexibility index (Phi) is 24.9. The maximum Gasteiger partial charge on any atom is 0.407 e. The van der Waals surface area contributed by atoms with E-state index in [4.69, 9.17) is 37.3 Å². The van der Waals surface area contributed by atoms with Crippen molar-refractivity contribution in [3.8, 4) is 11.1 Å². The van der Waals surface area contributed by atoms with E-state index in [9.17, 15) is 53.4 Å². The molecule has 23 nitrogen and oxygen atoms in total. The monoisotopic (exact) mass is 1070 g/mol. The summed E-state index contributed by atoms with van der Waals surface area (Å²) in [6.45, 7) is 0.181.